The number of rotatable bonds is 7. The van der Waals surface area contributed by atoms with E-state index in [1.54, 1.807) is 30.3 Å². The molecule has 7 nitrogen and oxygen atoms in total. The van der Waals surface area contributed by atoms with Crippen LogP contribution in [0.1, 0.15) is 25.6 Å². The first-order valence-corrected chi connectivity index (χ1v) is 9.09. The number of carbonyl (C=O) groups is 2. The van der Waals surface area contributed by atoms with Crippen LogP contribution in [0.5, 0.6) is 0 Å². The Kier molecular flexibility index (Phi) is 6.00. The predicted molar refractivity (Wildman–Crippen MR) is 96.4 cm³/mol. The summed E-state index contributed by atoms with van der Waals surface area (Å²) in [6.45, 7) is 1.07. The van der Waals surface area contributed by atoms with E-state index in [9.17, 15) is 14.7 Å². The fraction of sp³-hybridized carbons (Fsp3) is 0.333. The van der Waals surface area contributed by atoms with Crippen LogP contribution in [0, 0.1) is 0 Å². The van der Waals surface area contributed by atoms with E-state index in [0.29, 0.717) is 18.0 Å². The molecule has 8 heteroatoms. The molecule has 1 aromatic heterocycles. The maximum absolute atomic E-state index is 11.9. The van der Waals surface area contributed by atoms with Crippen LogP contribution in [-0.4, -0.2) is 53.5 Å². The lowest BCUT2D eigenvalue weighted by molar-refractivity contribution is 0.0399. The summed E-state index contributed by atoms with van der Waals surface area (Å²) in [4.78, 5) is 23.4. The lowest BCUT2D eigenvalue weighted by atomic mass is 10.1. The molecule has 0 unspecified atom stereocenters. The van der Waals surface area contributed by atoms with Crippen molar-refractivity contribution in [1.29, 1.82) is 0 Å². The van der Waals surface area contributed by atoms with E-state index in [1.807, 2.05) is 11.4 Å². The molecule has 26 heavy (non-hydrogen) atoms. The quantitative estimate of drug-likeness (QED) is 0.576. The second kappa shape index (κ2) is 8.41. The van der Waals surface area contributed by atoms with Gasteiger partial charge in [0.1, 0.15) is 6.10 Å². The number of ether oxygens (including phenoxy) is 1. The number of aliphatic hydroxyl groups excluding tert-OH is 1. The van der Waals surface area contributed by atoms with Crippen LogP contribution >= 0.6 is 11.3 Å². The zero-order valence-electron chi connectivity index (χ0n) is 13.9. The maximum Gasteiger partial charge on any atom is 0.335 e. The molecule has 1 amide bonds. The van der Waals surface area contributed by atoms with Crippen molar-refractivity contribution in [2.24, 2.45) is 0 Å². The van der Waals surface area contributed by atoms with Crippen LogP contribution in [0.4, 0.5) is 0 Å². The van der Waals surface area contributed by atoms with Gasteiger partial charge < -0.3 is 25.6 Å². The molecular weight excluding hydrogens is 356 g/mol. The highest BCUT2D eigenvalue weighted by Gasteiger charge is 2.35. The molecule has 0 saturated carbocycles. The van der Waals surface area contributed by atoms with Crippen molar-refractivity contribution in [3.8, 4) is 0 Å². The molecular formula is C18H20N2O5S. The molecule has 0 bridgehead atoms. The molecule has 0 spiro atoms. The second-order valence-corrected chi connectivity index (χ2v) is 6.99. The molecule has 3 rings (SSSR count). The Morgan fingerprint density at radius 2 is 2.00 bits per heavy atom. The number of aromatic carboxylic acids is 1. The first-order valence-electron chi connectivity index (χ1n) is 8.21. The molecule has 2 heterocycles. The summed E-state index contributed by atoms with van der Waals surface area (Å²) < 4.78 is 5.58. The van der Waals surface area contributed by atoms with E-state index in [2.05, 4.69) is 10.6 Å². The van der Waals surface area contributed by atoms with Crippen LogP contribution in [0.2, 0.25) is 0 Å². The van der Waals surface area contributed by atoms with Gasteiger partial charge in [-0.2, -0.15) is 0 Å². The number of hydrogen-bond acceptors (Lipinski definition) is 6. The number of carboxylic acids is 1. The van der Waals surface area contributed by atoms with E-state index in [0.717, 1.165) is 5.56 Å². The van der Waals surface area contributed by atoms with E-state index in [1.165, 1.54) is 11.3 Å². The van der Waals surface area contributed by atoms with E-state index >= 15 is 0 Å². The van der Waals surface area contributed by atoms with E-state index < -0.39 is 18.2 Å². The summed E-state index contributed by atoms with van der Waals surface area (Å²) in [5, 5.41) is 27.1. The molecule has 2 aromatic rings. The number of aliphatic hydroxyl groups is 1. The summed E-state index contributed by atoms with van der Waals surface area (Å²) in [5.74, 6) is -1.14. The predicted octanol–water partition coefficient (Wildman–Crippen LogP) is 1.09. The Labute approximate surface area is 154 Å². The fourth-order valence-corrected chi connectivity index (χ4v) is 3.39. The van der Waals surface area contributed by atoms with E-state index in [4.69, 9.17) is 9.84 Å². The molecule has 4 N–H and O–H groups in total. The number of amides is 1. The van der Waals surface area contributed by atoms with Crippen LogP contribution < -0.4 is 10.6 Å². The number of carbonyl (C=O) groups excluding carboxylic acids is 1. The standard InChI is InChI=1S/C18H20N2O5S/c21-16-13(19-8-11-3-5-12(6-4-11)18(23)24)10-25-14(16)9-20-17(22)15-2-1-7-26-15/h1-7,13-14,16,19,21H,8-10H2,(H,20,22)(H,23,24)/t13-,14-,16+/m1/s1. The molecule has 138 valence electrons. The van der Waals surface area contributed by atoms with Crippen molar-refractivity contribution in [2.45, 2.75) is 24.8 Å². The minimum atomic E-state index is -0.962. The van der Waals surface area contributed by atoms with Gasteiger partial charge in [0, 0.05) is 13.1 Å². The third kappa shape index (κ3) is 4.47. The van der Waals surface area contributed by atoms with Gasteiger partial charge in [-0.05, 0) is 29.1 Å². The summed E-state index contributed by atoms with van der Waals surface area (Å²) in [7, 11) is 0. The topological polar surface area (TPSA) is 108 Å². The van der Waals surface area contributed by atoms with E-state index in [-0.39, 0.29) is 24.1 Å². The second-order valence-electron chi connectivity index (χ2n) is 6.04. The molecule has 1 saturated heterocycles. The highest BCUT2D eigenvalue weighted by Crippen LogP contribution is 2.15. The summed E-state index contributed by atoms with van der Waals surface area (Å²) in [6.07, 6.45) is -1.21. The molecule has 1 aliphatic rings. The third-order valence-corrected chi connectivity index (χ3v) is 5.13. The highest BCUT2D eigenvalue weighted by atomic mass is 32.1. The van der Waals surface area contributed by atoms with Crippen molar-refractivity contribution in [3.63, 3.8) is 0 Å². The Bertz CT molecular complexity index is 747. The van der Waals surface area contributed by atoms with Gasteiger partial charge in [0.2, 0.25) is 0 Å². The van der Waals surface area contributed by atoms with Crippen LogP contribution in [0.15, 0.2) is 41.8 Å². The normalized spacial score (nSPS) is 22.3. The first-order chi connectivity index (χ1) is 12.5. The van der Waals surface area contributed by atoms with Crippen molar-refractivity contribution in [1.82, 2.24) is 10.6 Å². The van der Waals surface area contributed by atoms with Crippen molar-refractivity contribution in [2.75, 3.05) is 13.2 Å². The van der Waals surface area contributed by atoms with Gasteiger partial charge in [-0.3, -0.25) is 4.79 Å². The van der Waals surface area contributed by atoms with Gasteiger partial charge in [-0.25, -0.2) is 4.79 Å². The molecule has 0 radical (unpaired) electrons. The number of hydrogen-bond donors (Lipinski definition) is 4. The van der Waals surface area contributed by atoms with Crippen molar-refractivity contribution >= 4 is 23.2 Å². The summed E-state index contributed by atoms with van der Waals surface area (Å²) in [5.41, 5.74) is 1.15. The minimum Gasteiger partial charge on any atom is -0.478 e. The largest absolute Gasteiger partial charge is 0.478 e. The zero-order chi connectivity index (χ0) is 18.5. The number of benzene rings is 1. The average molecular weight is 376 g/mol. The SMILES string of the molecule is O=C(O)c1ccc(CN[C@@H]2CO[C@H](CNC(=O)c3cccs3)[C@H]2O)cc1. The van der Waals surface area contributed by atoms with Gasteiger partial charge >= 0.3 is 5.97 Å². The molecule has 3 atom stereocenters. The van der Waals surface area contributed by atoms with Gasteiger partial charge in [0.25, 0.3) is 5.91 Å². The number of thiophene rings is 1. The van der Waals surface area contributed by atoms with Crippen LogP contribution in [0.3, 0.4) is 0 Å². The fourth-order valence-electron chi connectivity index (χ4n) is 2.75. The Hall–Kier alpha value is -2.26. The summed E-state index contributed by atoms with van der Waals surface area (Å²) in [6, 6.07) is 9.86. The minimum absolute atomic E-state index is 0.175. The Morgan fingerprint density at radius 1 is 1.23 bits per heavy atom. The van der Waals surface area contributed by atoms with Gasteiger partial charge in [-0.15, -0.1) is 11.3 Å². The molecule has 1 fully saturated rings. The number of nitrogens with one attached hydrogen (secondary N) is 2. The van der Waals surface area contributed by atoms with Crippen molar-refractivity contribution < 1.29 is 24.5 Å². The maximum atomic E-state index is 11.9. The van der Waals surface area contributed by atoms with Crippen molar-refractivity contribution in [3.05, 3.63) is 57.8 Å². The lowest BCUT2D eigenvalue weighted by Gasteiger charge is -2.19. The van der Waals surface area contributed by atoms with Crippen LogP contribution in [0.25, 0.3) is 0 Å². The van der Waals surface area contributed by atoms with Gasteiger partial charge in [0.15, 0.2) is 0 Å². The highest BCUT2D eigenvalue weighted by molar-refractivity contribution is 7.12. The smallest absolute Gasteiger partial charge is 0.335 e. The Morgan fingerprint density at radius 3 is 2.65 bits per heavy atom. The van der Waals surface area contributed by atoms with Gasteiger partial charge in [-0.1, -0.05) is 18.2 Å². The first kappa shape index (κ1) is 18.5. The lowest BCUT2D eigenvalue weighted by Crippen LogP contribution is -2.44. The Balaban J connectivity index is 1.45. The zero-order valence-corrected chi connectivity index (χ0v) is 14.7. The average Bonchev–Trinajstić information content (AvgIpc) is 3.29. The molecule has 1 aromatic carbocycles. The third-order valence-electron chi connectivity index (χ3n) is 4.26. The number of carboxylic acid groups (broad SMARTS) is 1. The van der Waals surface area contributed by atoms with Gasteiger partial charge in [0.05, 0.1) is 29.2 Å². The summed E-state index contributed by atoms with van der Waals surface area (Å²) >= 11 is 1.36. The molecule has 1 aliphatic heterocycles. The molecule has 0 aliphatic carbocycles. The monoisotopic (exact) mass is 376 g/mol. The van der Waals surface area contributed by atoms with Crippen LogP contribution in [-0.2, 0) is 11.3 Å².